The van der Waals surface area contributed by atoms with Crippen LogP contribution in [-0.2, 0) is 4.74 Å². The van der Waals surface area contributed by atoms with Crippen LogP contribution in [-0.4, -0.2) is 23.7 Å². The third-order valence-corrected chi connectivity index (χ3v) is 3.16. The highest BCUT2D eigenvalue weighted by atomic mass is 16.5. The maximum Gasteiger partial charge on any atom is 0.0561 e. The van der Waals surface area contributed by atoms with Crippen LogP contribution in [0.5, 0.6) is 0 Å². The van der Waals surface area contributed by atoms with Crippen molar-refractivity contribution in [3.05, 3.63) is 30.1 Å². The number of nitrogens with one attached hydrogen (secondary N) is 1. The van der Waals surface area contributed by atoms with E-state index < -0.39 is 0 Å². The van der Waals surface area contributed by atoms with Crippen LogP contribution in [0.2, 0.25) is 0 Å². The van der Waals surface area contributed by atoms with Crippen LogP contribution in [0.25, 0.3) is 0 Å². The first-order valence-corrected chi connectivity index (χ1v) is 6.03. The van der Waals surface area contributed by atoms with Crippen LogP contribution < -0.4 is 5.32 Å². The van der Waals surface area contributed by atoms with Gasteiger partial charge in [-0.15, -0.1) is 0 Å². The lowest BCUT2D eigenvalue weighted by Gasteiger charge is -2.30. The number of pyridine rings is 1. The minimum atomic E-state index is 0.365. The van der Waals surface area contributed by atoms with Gasteiger partial charge in [0.2, 0.25) is 0 Å². The van der Waals surface area contributed by atoms with Crippen molar-refractivity contribution < 1.29 is 4.74 Å². The van der Waals surface area contributed by atoms with Gasteiger partial charge in [-0.25, -0.2) is 0 Å². The molecule has 2 unspecified atom stereocenters. The highest BCUT2D eigenvalue weighted by Crippen LogP contribution is 2.18. The minimum absolute atomic E-state index is 0.365. The molecule has 1 fully saturated rings. The largest absolute Gasteiger partial charge is 0.378 e. The van der Waals surface area contributed by atoms with Crippen LogP contribution in [0.4, 0.5) is 0 Å². The number of rotatable bonds is 3. The van der Waals surface area contributed by atoms with Crippen molar-refractivity contribution in [2.45, 2.75) is 44.9 Å². The lowest BCUT2D eigenvalue weighted by Crippen LogP contribution is -2.39. The maximum atomic E-state index is 5.54. The SMILES string of the molecule is CC1CC(N[C@@H](C)c2cccnc2)CCO1. The van der Waals surface area contributed by atoms with E-state index >= 15 is 0 Å². The number of aromatic nitrogens is 1. The molecular weight excluding hydrogens is 200 g/mol. The van der Waals surface area contributed by atoms with Gasteiger partial charge in [0.05, 0.1) is 6.10 Å². The first-order chi connectivity index (χ1) is 7.75. The molecule has 3 heteroatoms. The number of hydrogen-bond donors (Lipinski definition) is 1. The van der Waals surface area contributed by atoms with Crippen LogP contribution in [0.3, 0.4) is 0 Å². The number of ether oxygens (including phenoxy) is 1. The molecule has 0 aromatic carbocycles. The number of hydrogen-bond acceptors (Lipinski definition) is 3. The molecule has 1 aromatic rings. The Morgan fingerprint density at radius 1 is 1.56 bits per heavy atom. The fourth-order valence-electron chi connectivity index (χ4n) is 2.23. The van der Waals surface area contributed by atoms with Gasteiger partial charge in [0.1, 0.15) is 0 Å². The van der Waals surface area contributed by atoms with Gasteiger partial charge in [-0.05, 0) is 38.3 Å². The Morgan fingerprint density at radius 2 is 2.44 bits per heavy atom. The van der Waals surface area contributed by atoms with Crippen molar-refractivity contribution in [1.29, 1.82) is 0 Å². The summed E-state index contributed by atoms with van der Waals surface area (Å²) in [5, 5.41) is 3.65. The summed E-state index contributed by atoms with van der Waals surface area (Å²) in [6, 6.07) is 5.04. The molecule has 3 atom stereocenters. The molecule has 1 aliphatic rings. The van der Waals surface area contributed by atoms with E-state index in [1.54, 1.807) is 0 Å². The Bertz CT molecular complexity index is 315. The second-order valence-corrected chi connectivity index (χ2v) is 4.58. The molecule has 3 nitrogen and oxygen atoms in total. The quantitative estimate of drug-likeness (QED) is 0.848. The van der Waals surface area contributed by atoms with E-state index in [1.807, 2.05) is 18.5 Å². The van der Waals surface area contributed by atoms with Gasteiger partial charge in [-0.2, -0.15) is 0 Å². The predicted molar refractivity (Wildman–Crippen MR) is 64.2 cm³/mol. The molecule has 0 radical (unpaired) electrons. The molecule has 0 aliphatic carbocycles. The van der Waals surface area contributed by atoms with Crippen molar-refractivity contribution in [3.63, 3.8) is 0 Å². The summed E-state index contributed by atoms with van der Waals surface area (Å²) in [5.74, 6) is 0. The summed E-state index contributed by atoms with van der Waals surface area (Å²) >= 11 is 0. The van der Waals surface area contributed by atoms with Gasteiger partial charge >= 0.3 is 0 Å². The molecule has 0 saturated carbocycles. The topological polar surface area (TPSA) is 34.2 Å². The van der Waals surface area contributed by atoms with E-state index in [9.17, 15) is 0 Å². The second kappa shape index (κ2) is 5.41. The van der Waals surface area contributed by atoms with E-state index in [-0.39, 0.29) is 0 Å². The van der Waals surface area contributed by atoms with E-state index in [0.29, 0.717) is 18.2 Å². The van der Waals surface area contributed by atoms with Gasteiger partial charge in [0.25, 0.3) is 0 Å². The molecule has 0 spiro atoms. The molecular formula is C13H20N2O. The van der Waals surface area contributed by atoms with Crippen LogP contribution in [0.15, 0.2) is 24.5 Å². The summed E-state index contributed by atoms with van der Waals surface area (Å²) in [6.07, 6.45) is 6.33. The molecule has 0 amide bonds. The van der Waals surface area contributed by atoms with Crippen molar-refractivity contribution in [3.8, 4) is 0 Å². The molecule has 2 rings (SSSR count). The van der Waals surface area contributed by atoms with Crippen molar-refractivity contribution in [2.75, 3.05) is 6.61 Å². The second-order valence-electron chi connectivity index (χ2n) is 4.58. The number of nitrogens with zero attached hydrogens (tertiary/aromatic N) is 1. The smallest absolute Gasteiger partial charge is 0.0561 e. The molecule has 1 saturated heterocycles. The minimum Gasteiger partial charge on any atom is -0.378 e. The van der Waals surface area contributed by atoms with Crippen molar-refractivity contribution in [2.24, 2.45) is 0 Å². The summed E-state index contributed by atoms with van der Waals surface area (Å²) in [6.45, 7) is 5.21. The van der Waals surface area contributed by atoms with E-state index in [1.165, 1.54) is 5.56 Å². The maximum absolute atomic E-state index is 5.54. The molecule has 1 aromatic heterocycles. The first kappa shape index (κ1) is 11.6. The molecule has 1 aliphatic heterocycles. The lowest BCUT2D eigenvalue weighted by atomic mass is 10.0. The zero-order valence-electron chi connectivity index (χ0n) is 10.0. The average molecular weight is 220 g/mol. The standard InChI is InChI=1S/C13H20N2O/c1-10-8-13(5-7-16-10)15-11(2)12-4-3-6-14-9-12/h3-4,6,9-11,13,15H,5,7-8H2,1-2H3/t10?,11-,13?/m0/s1. The van der Waals surface area contributed by atoms with E-state index in [0.717, 1.165) is 19.4 Å². The fraction of sp³-hybridized carbons (Fsp3) is 0.615. The Kier molecular flexibility index (Phi) is 3.91. The average Bonchev–Trinajstić information content (AvgIpc) is 2.30. The van der Waals surface area contributed by atoms with E-state index in [2.05, 4.69) is 30.2 Å². The van der Waals surface area contributed by atoms with Gasteiger partial charge in [0.15, 0.2) is 0 Å². The monoisotopic (exact) mass is 220 g/mol. The zero-order valence-corrected chi connectivity index (χ0v) is 10.0. The molecule has 88 valence electrons. The summed E-state index contributed by atoms with van der Waals surface area (Å²) in [5.41, 5.74) is 1.25. The zero-order chi connectivity index (χ0) is 11.4. The predicted octanol–water partition coefficient (Wildman–Crippen LogP) is 2.30. The Labute approximate surface area is 97.2 Å². The normalized spacial score (nSPS) is 27.6. The third-order valence-electron chi connectivity index (χ3n) is 3.16. The van der Waals surface area contributed by atoms with Gasteiger partial charge < -0.3 is 10.1 Å². The molecule has 16 heavy (non-hydrogen) atoms. The summed E-state index contributed by atoms with van der Waals surface area (Å²) in [7, 11) is 0. The fourth-order valence-corrected chi connectivity index (χ4v) is 2.23. The van der Waals surface area contributed by atoms with Crippen molar-refractivity contribution >= 4 is 0 Å². The molecule has 2 heterocycles. The highest BCUT2D eigenvalue weighted by Gasteiger charge is 2.20. The highest BCUT2D eigenvalue weighted by molar-refractivity contribution is 5.13. The van der Waals surface area contributed by atoms with Crippen molar-refractivity contribution in [1.82, 2.24) is 10.3 Å². The lowest BCUT2D eigenvalue weighted by molar-refractivity contribution is 0.0116. The first-order valence-electron chi connectivity index (χ1n) is 6.03. The Morgan fingerprint density at radius 3 is 3.12 bits per heavy atom. The van der Waals surface area contributed by atoms with E-state index in [4.69, 9.17) is 4.74 Å². The van der Waals surface area contributed by atoms with Gasteiger partial charge in [-0.1, -0.05) is 6.07 Å². The van der Waals surface area contributed by atoms with Crippen LogP contribution in [0, 0.1) is 0 Å². The summed E-state index contributed by atoms with van der Waals surface area (Å²) < 4.78 is 5.54. The van der Waals surface area contributed by atoms with Crippen LogP contribution in [0.1, 0.15) is 38.3 Å². The van der Waals surface area contributed by atoms with Gasteiger partial charge in [-0.3, -0.25) is 4.98 Å². The van der Waals surface area contributed by atoms with Gasteiger partial charge in [0, 0.05) is 31.1 Å². The summed E-state index contributed by atoms with van der Waals surface area (Å²) in [4.78, 5) is 4.15. The van der Waals surface area contributed by atoms with Crippen LogP contribution >= 0.6 is 0 Å². The Hall–Kier alpha value is -0.930. The third kappa shape index (κ3) is 3.03. The molecule has 1 N–H and O–H groups in total. The molecule has 0 bridgehead atoms. The Balaban J connectivity index is 1.89.